The highest BCUT2D eigenvalue weighted by Gasteiger charge is 2.23. The molecule has 0 bridgehead atoms. The summed E-state index contributed by atoms with van der Waals surface area (Å²) in [5.41, 5.74) is 0. The van der Waals surface area contributed by atoms with Crippen molar-refractivity contribution in [1.82, 2.24) is 0 Å². The summed E-state index contributed by atoms with van der Waals surface area (Å²) in [6.45, 7) is 4.70. The van der Waals surface area contributed by atoms with Crippen molar-refractivity contribution in [3.8, 4) is 0 Å². The fourth-order valence-electron chi connectivity index (χ4n) is 2.16. The van der Waals surface area contributed by atoms with Crippen LogP contribution < -0.4 is 0 Å². The highest BCUT2D eigenvalue weighted by molar-refractivity contribution is 14.1. The van der Waals surface area contributed by atoms with Crippen LogP contribution in [0.15, 0.2) is 0 Å². The SMILES string of the molecule is CCCC(I)C1CCC(C)CC1. The fraction of sp³-hybridized carbons (Fsp3) is 1.00. The standard InChI is InChI=1S/C11H21I/c1-3-4-11(12)10-7-5-9(2)6-8-10/h9-11H,3-8H2,1-2H3. The van der Waals surface area contributed by atoms with E-state index in [1.54, 1.807) is 0 Å². The topological polar surface area (TPSA) is 0 Å². The van der Waals surface area contributed by atoms with Gasteiger partial charge < -0.3 is 0 Å². The second-order valence-electron chi connectivity index (χ2n) is 4.32. The Bertz CT molecular complexity index is 114. The molecule has 1 heteroatoms. The third kappa shape index (κ3) is 3.23. The second-order valence-corrected chi connectivity index (χ2v) is 5.92. The van der Waals surface area contributed by atoms with Crippen LogP contribution in [0.25, 0.3) is 0 Å². The van der Waals surface area contributed by atoms with E-state index < -0.39 is 0 Å². The quantitative estimate of drug-likeness (QED) is 0.530. The molecule has 0 nitrogen and oxygen atoms in total. The number of hydrogen-bond acceptors (Lipinski definition) is 0. The van der Waals surface area contributed by atoms with E-state index in [2.05, 4.69) is 36.4 Å². The predicted molar refractivity (Wildman–Crippen MR) is 63.8 cm³/mol. The minimum atomic E-state index is 0.958. The molecule has 1 rings (SSSR count). The zero-order chi connectivity index (χ0) is 8.97. The van der Waals surface area contributed by atoms with E-state index >= 15 is 0 Å². The molecule has 0 saturated heterocycles. The normalized spacial score (nSPS) is 33.2. The summed E-state index contributed by atoms with van der Waals surface area (Å²) < 4.78 is 0.958. The predicted octanol–water partition coefficient (Wildman–Crippen LogP) is 4.42. The highest BCUT2D eigenvalue weighted by atomic mass is 127. The molecule has 0 N–H and O–H groups in total. The summed E-state index contributed by atoms with van der Waals surface area (Å²) in [5, 5.41) is 0. The summed E-state index contributed by atoms with van der Waals surface area (Å²) in [7, 11) is 0. The third-order valence-corrected chi connectivity index (χ3v) is 4.78. The van der Waals surface area contributed by atoms with Crippen molar-refractivity contribution in [3.63, 3.8) is 0 Å². The molecule has 1 aliphatic rings. The first kappa shape index (κ1) is 10.8. The molecule has 72 valence electrons. The van der Waals surface area contributed by atoms with Gasteiger partial charge in [0.25, 0.3) is 0 Å². The second kappa shape index (κ2) is 5.46. The first-order chi connectivity index (χ1) is 5.74. The van der Waals surface area contributed by atoms with Crippen LogP contribution in [0.3, 0.4) is 0 Å². The van der Waals surface area contributed by atoms with Crippen molar-refractivity contribution >= 4 is 22.6 Å². The molecule has 0 aromatic rings. The van der Waals surface area contributed by atoms with Crippen LogP contribution in [0.1, 0.15) is 52.4 Å². The van der Waals surface area contributed by atoms with Gasteiger partial charge >= 0.3 is 0 Å². The van der Waals surface area contributed by atoms with Gasteiger partial charge in [0.2, 0.25) is 0 Å². The van der Waals surface area contributed by atoms with Gasteiger partial charge in [-0.1, -0.05) is 55.7 Å². The Morgan fingerprint density at radius 2 is 1.83 bits per heavy atom. The molecular formula is C11H21I. The monoisotopic (exact) mass is 280 g/mol. The Hall–Kier alpha value is 0.730. The molecule has 1 atom stereocenters. The maximum atomic E-state index is 2.67. The molecule has 0 aromatic heterocycles. The molecule has 1 fully saturated rings. The Labute approximate surface area is 90.6 Å². The van der Waals surface area contributed by atoms with Crippen molar-refractivity contribution < 1.29 is 0 Å². The van der Waals surface area contributed by atoms with Crippen molar-refractivity contribution in [1.29, 1.82) is 0 Å². The summed E-state index contributed by atoms with van der Waals surface area (Å²) >= 11 is 2.67. The van der Waals surface area contributed by atoms with Crippen LogP contribution in [0, 0.1) is 11.8 Å². The lowest BCUT2D eigenvalue weighted by Gasteiger charge is -2.29. The Morgan fingerprint density at radius 1 is 1.25 bits per heavy atom. The molecule has 1 unspecified atom stereocenters. The Morgan fingerprint density at radius 3 is 2.33 bits per heavy atom. The molecule has 1 saturated carbocycles. The van der Waals surface area contributed by atoms with Crippen molar-refractivity contribution in [2.24, 2.45) is 11.8 Å². The van der Waals surface area contributed by atoms with Crippen molar-refractivity contribution in [3.05, 3.63) is 0 Å². The smallest absolute Gasteiger partial charge is 0.0138 e. The molecule has 0 aliphatic heterocycles. The van der Waals surface area contributed by atoms with Crippen LogP contribution in [0.5, 0.6) is 0 Å². The van der Waals surface area contributed by atoms with Crippen LogP contribution in [-0.2, 0) is 0 Å². The van der Waals surface area contributed by atoms with Crippen molar-refractivity contribution in [2.75, 3.05) is 0 Å². The molecule has 0 amide bonds. The van der Waals surface area contributed by atoms with E-state index in [9.17, 15) is 0 Å². The molecule has 12 heavy (non-hydrogen) atoms. The van der Waals surface area contributed by atoms with Gasteiger partial charge in [0.05, 0.1) is 0 Å². The molecule has 0 heterocycles. The van der Waals surface area contributed by atoms with Gasteiger partial charge in [0.15, 0.2) is 0 Å². The largest absolute Gasteiger partial charge is 0.0823 e. The number of halogens is 1. The van der Waals surface area contributed by atoms with Gasteiger partial charge in [-0.05, 0) is 31.1 Å². The van der Waals surface area contributed by atoms with E-state index in [4.69, 9.17) is 0 Å². The summed E-state index contributed by atoms with van der Waals surface area (Å²) in [5.74, 6) is 2.05. The first-order valence-corrected chi connectivity index (χ1v) is 6.62. The lowest BCUT2D eigenvalue weighted by Crippen LogP contribution is -2.20. The Balaban J connectivity index is 2.24. The average molecular weight is 280 g/mol. The van der Waals surface area contributed by atoms with Crippen LogP contribution in [0.2, 0.25) is 0 Å². The average Bonchev–Trinajstić information content (AvgIpc) is 2.06. The fourth-order valence-corrected chi connectivity index (χ4v) is 3.50. The summed E-state index contributed by atoms with van der Waals surface area (Å²) in [6.07, 6.45) is 8.74. The number of hydrogen-bond donors (Lipinski definition) is 0. The molecule has 0 aromatic carbocycles. The van der Waals surface area contributed by atoms with E-state index in [0.717, 1.165) is 15.8 Å². The zero-order valence-corrected chi connectivity index (χ0v) is 10.5. The molecular weight excluding hydrogens is 259 g/mol. The number of alkyl halides is 1. The van der Waals surface area contributed by atoms with E-state index in [-0.39, 0.29) is 0 Å². The molecule has 0 spiro atoms. The highest BCUT2D eigenvalue weighted by Crippen LogP contribution is 2.34. The maximum absolute atomic E-state index is 2.67. The van der Waals surface area contributed by atoms with Gasteiger partial charge in [-0.15, -0.1) is 0 Å². The summed E-state index contributed by atoms with van der Waals surface area (Å²) in [4.78, 5) is 0. The number of rotatable bonds is 3. The van der Waals surface area contributed by atoms with E-state index in [1.807, 2.05) is 0 Å². The minimum absolute atomic E-state index is 0.958. The molecule has 0 radical (unpaired) electrons. The van der Waals surface area contributed by atoms with Gasteiger partial charge in [-0.3, -0.25) is 0 Å². The van der Waals surface area contributed by atoms with E-state index in [1.165, 1.54) is 38.5 Å². The lowest BCUT2D eigenvalue weighted by atomic mass is 9.81. The first-order valence-electron chi connectivity index (χ1n) is 5.38. The van der Waals surface area contributed by atoms with Crippen LogP contribution in [0.4, 0.5) is 0 Å². The Kier molecular flexibility index (Phi) is 4.92. The van der Waals surface area contributed by atoms with Crippen LogP contribution in [-0.4, -0.2) is 3.92 Å². The third-order valence-electron chi connectivity index (χ3n) is 3.14. The van der Waals surface area contributed by atoms with Gasteiger partial charge in [0.1, 0.15) is 0 Å². The van der Waals surface area contributed by atoms with Gasteiger partial charge in [-0.25, -0.2) is 0 Å². The van der Waals surface area contributed by atoms with Crippen molar-refractivity contribution in [2.45, 2.75) is 56.3 Å². The van der Waals surface area contributed by atoms with Gasteiger partial charge in [-0.2, -0.15) is 0 Å². The minimum Gasteiger partial charge on any atom is -0.0823 e. The van der Waals surface area contributed by atoms with E-state index in [0.29, 0.717) is 0 Å². The maximum Gasteiger partial charge on any atom is 0.0138 e. The summed E-state index contributed by atoms with van der Waals surface area (Å²) in [6, 6.07) is 0. The molecule has 1 aliphatic carbocycles. The lowest BCUT2D eigenvalue weighted by molar-refractivity contribution is 0.284. The zero-order valence-electron chi connectivity index (χ0n) is 8.35. The van der Waals surface area contributed by atoms with Crippen LogP contribution >= 0.6 is 22.6 Å². The van der Waals surface area contributed by atoms with Gasteiger partial charge in [0, 0.05) is 3.92 Å².